The molecule has 6 nitrogen and oxygen atoms in total. The Bertz CT molecular complexity index is 536. The molecule has 2 rings (SSSR count). The molecule has 0 atom stereocenters. The first-order valence-corrected chi connectivity index (χ1v) is 6.30. The number of ether oxygens (including phenoxy) is 2. The van der Waals surface area contributed by atoms with Gasteiger partial charge in [0.25, 0.3) is 0 Å². The Labute approximate surface area is 116 Å². The lowest BCUT2D eigenvalue weighted by Crippen LogP contribution is -2.48. The predicted octanol–water partition coefficient (Wildman–Crippen LogP) is 1.90. The number of nitrogens with one attached hydrogen (secondary N) is 1. The molecule has 1 aromatic carbocycles. The Balaban J connectivity index is 2.18. The smallest absolute Gasteiger partial charge is 0.319 e. The molecule has 0 saturated heterocycles. The summed E-state index contributed by atoms with van der Waals surface area (Å²) < 4.78 is 10.2. The summed E-state index contributed by atoms with van der Waals surface area (Å²) in [6.45, 7) is 0. The van der Waals surface area contributed by atoms with E-state index in [1.807, 2.05) is 0 Å². The van der Waals surface area contributed by atoms with E-state index in [9.17, 15) is 14.7 Å². The number of aliphatic carboxylic acids is 1. The summed E-state index contributed by atoms with van der Waals surface area (Å²) in [5.74, 6) is -0.532. The summed E-state index contributed by atoms with van der Waals surface area (Å²) in [7, 11) is 3.01. The highest BCUT2D eigenvalue weighted by Gasteiger charge is 2.51. The topological polar surface area (TPSA) is 84.9 Å². The quantitative estimate of drug-likeness (QED) is 0.804. The van der Waals surface area contributed by atoms with E-state index in [-0.39, 0.29) is 0 Å². The number of carboxylic acids is 1. The maximum Gasteiger partial charge on any atom is 0.319 e. The Hall–Kier alpha value is -2.24. The molecule has 2 N–H and O–H groups in total. The van der Waals surface area contributed by atoms with Gasteiger partial charge in [-0.3, -0.25) is 9.59 Å². The number of carbonyl (C=O) groups excluding carboxylic acids is 1. The maximum atomic E-state index is 12.1. The lowest BCUT2D eigenvalue weighted by atomic mass is 9.68. The van der Waals surface area contributed by atoms with Crippen molar-refractivity contribution >= 4 is 17.6 Å². The zero-order chi connectivity index (χ0) is 14.8. The van der Waals surface area contributed by atoms with Crippen molar-refractivity contribution < 1.29 is 24.2 Å². The highest BCUT2D eigenvalue weighted by atomic mass is 16.5. The summed E-state index contributed by atoms with van der Waals surface area (Å²) in [6.07, 6.45) is 1.51. The van der Waals surface area contributed by atoms with Gasteiger partial charge in [0, 0.05) is 11.8 Å². The molecule has 0 aliphatic heterocycles. The Morgan fingerprint density at radius 1 is 1.20 bits per heavy atom. The van der Waals surface area contributed by atoms with Gasteiger partial charge in [-0.1, -0.05) is 6.42 Å². The van der Waals surface area contributed by atoms with Crippen LogP contribution in [0, 0.1) is 5.41 Å². The monoisotopic (exact) mass is 279 g/mol. The standard InChI is InChI=1S/C14H17NO5/c1-19-10-5-4-9(8-11(10)20-2)15-12(16)14(13(17)18)6-3-7-14/h4-5,8H,3,6-7H2,1-2H3,(H,15,16)(H,17,18). The van der Waals surface area contributed by atoms with E-state index in [0.717, 1.165) is 6.42 Å². The molecule has 0 unspecified atom stereocenters. The molecule has 0 spiro atoms. The molecular formula is C14H17NO5. The summed E-state index contributed by atoms with van der Waals surface area (Å²) in [5, 5.41) is 11.8. The molecule has 20 heavy (non-hydrogen) atoms. The first kappa shape index (κ1) is 14.2. The van der Waals surface area contributed by atoms with Gasteiger partial charge in [0.05, 0.1) is 14.2 Å². The average molecular weight is 279 g/mol. The molecule has 6 heteroatoms. The van der Waals surface area contributed by atoms with Gasteiger partial charge in [0.15, 0.2) is 11.5 Å². The van der Waals surface area contributed by atoms with Gasteiger partial charge >= 0.3 is 5.97 Å². The summed E-state index contributed by atoms with van der Waals surface area (Å²) in [4.78, 5) is 23.4. The van der Waals surface area contributed by atoms with Gasteiger partial charge in [-0.2, -0.15) is 0 Å². The third-order valence-electron chi connectivity index (χ3n) is 3.69. The minimum atomic E-state index is -1.28. The van der Waals surface area contributed by atoms with E-state index < -0.39 is 17.3 Å². The first-order chi connectivity index (χ1) is 9.53. The number of anilines is 1. The molecule has 1 amide bonds. The molecule has 0 bridgehead atoms. The number of methoxy groups -OCH3 is 2. The van der Waals surface area contributed by atoms with Crippen molar-refractivity contribution in [3.8, 4) is 11.5 Å². The Morgan fingerprint density at radius 2 is 1.85 bits per heavy atom. The zero-order valence-electron chi connectivity index (χ0n) is 11.4. The van der Waals surface area contributed by atoms with Gasteiger partial charge in [0.2, 0.25) is 5.91 Å². The number of rotatable bonds is 5. The molecule has 1 aromatic rings. The molecule has 1 aliphatic carbocycles. The molecule has 1 saturated carbocycles. The van der Waals surface area contributed by atoms with Crippen LogP contribution in [0.5, 0.6) is 11.5 Å². The molecule has 1 fully saturated rings. The summed E-state index contributed by atoms with van der Waals surface area (Å²) in [5.41, 5.74) is -0.798. The van der Waals surface area contributed by atoms with E-state index in [4.69, 9.17) is 9.47 Å². The van der Waals surface area contributed by atoms with Crippen LogP contribution >= 0.6 is 0 Å². The third kappa shape index (κ3) is 2.29. The highest BCUT2D eigenvalue weighted by Crippen LogP contribution is 2.42. The molecule has 0 aromatic heterocycles. The van der Waals surface area contributed by atoms with Gasteiger partial charge < -0.3 is 19.9 Å². The van der Waals surface area contributed by atoms with Gasteiger partial charge in [-0.05, 0) is 25.0 Å². The van der Waals surface area contributed by atoms with Crippen molar-refractivity contribution in [2.75, 3.05) is 19.5 Å². The minimum absolute atomic E-state index is 0.376. The second kappa shape index (κ2) is 5.40. The van der Waals surface area contributed by atoms with Crippen LogP contribution in [-0.4, -0.2) is 31.2 Å². The lowest BCUT2D eigenvalue weighted by Gasteiger charge is -2.35. The number of hydrogen-bond donors (Lipinski definition) is 2. The fourth-order valence-corrected chi connectivity index (χ4v) is 2.23. The van der Waals surface area contributed by atoms with Gasteiger partial charge in [-0.25, -0.2) is 0 Å². The fraction of sp³-hybridized carbons (Fsp3) is 0.429. The molecular weight excluding hydrogens is 262 g/mol. The third-order valence-corrected chi connectivity index (χ3v) is 3.69. The molecule has 108 valence electrons. The van der Waals surface area contributed by atoms with Crippen LogP contribution < -0.4 is 14.8 Å². The van der Waals surface area contributed by atoms with E-state index in [2.05, 4.69) is 5.32 Å². The Morgan fingerprint density at radius 3 is 2.30 bits per heavy atom. The first-order valence-electron chi connectivity index (χ1n) is 6.30. The zero-order valence-corrected chi connectivity index (χ0v) is 11.4. The van der Waals surface area contributed by atoms with Gasteiger partial charge in [-0.15, -0.1) is 0 Å². The largest absolute Gasteiger partial charge is 0.493 e. The van der Waals surface area contributed by atoms with Gasteiger partial charge in [0.1, 0.15) is 5.41 Å². The molecule has 0 heterocycles. The van der Waals surface area contributed by atoms with Crippen molar-refractivity contribution in [1.29, 1.82) is 0 Å². The number of hydrogen-bond acceptors (Lipinski definition) is 4. The minimum Gasteiger partial charge on any atom is -0.493 e. The maximum absolute atomic E-state index is 12.1. The molecule has 0 radical (unpaired) electrons. The predicted molar refractivity (Wildman–Crippen MR) is 72.1 cm³/mol. The van der Waals surface area contributed by atoms with Crippen molar-refractivity contribution in [3.63, 3.8) is 0 Å². The second-order valence-electron chi connectivity index (χ2n) is 4.76. The van der Waals surface area contributed by atoms with E-state index in [1.54, 1.807) is 18.2 Å². The summed E-state index contributed by atoms with van der Waals surface area (Å²) in [6, 6.07) is 4.90. The van der Waals surface area contributed by atoms with Crippen molar-refractivity contribution in [2.24, 2.45) is 5.41 Å². The van der Waals surface area contributed by atoms with Crippen molar-refractivity contribution in [1.82, 2.24) is 0 Å². The number of carboxylic acid groups (broad SMARTS) is 1. The highest BCUT2D eigenvalue weighted by molar-refractivity contribution is 6.09. The second-order valence-corrected chi connectivity index (χ2v) is 4.76. The number of benzene rings is 1. The Kier molecular flexibility index (Phi) is 3.83. The summed E-state index contributed by atoms with van der Waals surface area (Å²) >= 11 is 0. The number of amides is 1. The van der Waals surface area contributed by atoms with E-state index in [1.165, 1.54) is 14.2 Å². The van der Waals surface area contributed by atoms with Crippen molar-refractivity contribution in [2.45, 2.75) is 19.3 Å². The van der Waals surface area contributed by atoms with E-state index >= 15 is 0 Å². The fourth-order valence-electron chi connectivity index (χ4n) is 2.23. The van der Waals surface area contributed by atoms with Crippen LogP contribution in [0.1, 0.15) is 19.3 Å². The van der Waals surface area contributed by atoms with Crippen LogP contribution in [0.3, 0.4) is 0 Å². The molecule has 1 aliphatic rings. The van der Waals surface area contributed by atoms with Crippen LogP contribution in [-0.2, 0) is 9.59 Å². The van der Waals surface area contributed by atoms with E-state index in [0.29, 0.717) is 30.0 Å². The van der Waals surface area contributed by atoms with Crippen LogP contribution in [0.25, 0.3) is 0 Å². The normalized spacial score (nSPS) is 15.9. The average Bonchev–Trinajstić information content (AvgIpc) is 2.36. The SMILES string of the molecule is COc1ccc(NC(=O)C2(C(=O)O)CCC2)cc1OC. The number of carbonyl (C=O) groups is 2. The lowest BCUT2D eigenvalue weighted by molar-refractivity contribution is -0.159. The van der Waals surface area contributed by atoms with Crippen molar-refractivity contribution in [3.05, 3.63) is 18.2 Å². The van der Waals surface area contributed by atoms with Crippen LogP contribution in [0.4, 0.5) is 5.69 Å². The van der Waals surface area contributed by atoms with Crippen LogP contribution in [0.15, 0.2) is 18.2 Å². The van der Waals surface area contributed by atoms with Crippen LogP contribution in [0.2, 0.25) is 0 Å².